The first kappa shape index (κ1) is 12.8. The summed E-state index contributed by atoms with van der Waals surface area (Å²) in [5.41, 5.74) is 8.30. The van der Waals surface area contributed by atoms with Crippen LogP contribution in [0.15, 0.2) is 28.9 Å². The van der Waals surface area contributed by atoms with Gasteiger partial charge in [0.1, 0.15) is 11.6 Å². The fourth-order valence-corrected chi connectivity index (χ4v) is 2.97. The van der Waals surface area contributed by atoms with E-state index >= 15 is 0 Å². The number of benzene rings is 1. The molecule has 1 aliphatic rings. The summed E-state index contributed by atoms with van der Waals surface area (Å²) >= 11 is 2.98. The van der Waals surface area contributed by atoms with E-state index in [2.05, 4.69) is 15.9 Å². The van der Waals surface area contributed by atoms with Gasteiger partial charge in [-0.3, -0.25) is 0 Å². The zero-order valence-electron chi connectivity index (χ0n) is 10.2. The minimum Gasteiger partial charge on any atom is -0.324 e. The molecule has 100 valence electrons. The van der Waals surface area contributed by atoms with E-state index in [0.717, 1.165) is 36.6 Å². The third kappa shape index (κ3) is 2.11. The van der Waals surface area contributed by atoms with Crippen molar-refractivity contribution in [1.29, 1.82) is 0 Å². The van der Waals surface area contributed by atoms with Gasteiger partial charge in [-0.2, -0.15) is 0 Å². The van der Waals surface area contributed by atoms with Gasteiger partial charge in [-0.15, -0.1) is 0 Å². The molecular weight excluding hydrogens is 314 g/mol. The highest BCUT2D eigenvalue weighted by Crippen LogP contribution is 2.32. The molecule has 2 aromatic rings. The summed E-state index contributed by atoms with van der Waals surface area (Å²) < 4.78 is 29.5. The molecule has 0 spiro atoms. The molecule has 0 amide bonds. The largest absolute Gasteiger partial charge is 0.324 e. The first-order valence-corrected chi connectivity index (χ1v) is 6.98. The Morgan fingerprint density at radius 2 is 2.05 bits per heavy atom. The molecule has 19 heavy (non-hydrogen) atoms. The quantitative estimate of drug-likeness (QED) is 0.793. The molecule has 0 saturated heterocycles. The fourth-order valence-electron chi connectivity index (χ4n) is 2.65. The second-order valence-electron chi connectivity index (χ2n) is 4.80. The van der Waals surface area contributed by atoms with Crippen LogP contribution in [0.5, 0.6) is 0 Å². The number of nitrogens with two attached hydrogens (primary N) is 1. The van der Waals surface area contributed by atoms with E-state index < -0.39 is 11.6 Å². The molecule has 1 heterocycles. The van der Waals surface area contributed by atoms with E-state index in [1.807, 2.05) is 6.07 Å². The standard InChI is InChI=1S/C14H13BrF2N2/c15-9-6-11(17)14(7-10(9)16)19-5-4-8-12(18)2-1-3-13(8)19/h4-7,12H,1-3,18H2. The lowest BCUT2D eigenvalue weighted by molar-refractivity contribution is 0.552. The smallest absolute Gasteiger partial charge is 0.148 e. The number of hydrogen-bond acceptors (Lipinski definition) is 1. The van der Waals surface area contributed by atoms with Crippen molar-refractivity contribution in [3.63, 3.8) is 0 Å². The number of nitrogens with zero attached hydrogens (tertiary/aromatic N) is 1. The molecule has 1 atom stereocenters. The molecular formula is C14H13BrF2N2. The molecule has 2 N–H and O–H groups in total. The van der Waals surface area contributed by atoms with Gasteiger partial charge >= 0.3 is 0 Å². The number of aromatic nitrogens is 1. The van der Waals surface area contributed by atoms with Crippen molar-refractivity contribution in [1.82, 2.24) is 4.57 Å². The summed E-state index contributed by atoms with van der Waals surface area (Å²) in [7, 11) is 0. The second-order valence-corrected chi connectivity index (χ2v) is 5.66. The predicted octanol–water partition coefficient (Wildman–Crippen LogP) is 3.85. The zero-order chi connectivity index (χ0) is 13.6. The van der Waals surface area contributed by atoms with Crippen molar-refractivity contribution in [2.45, 2.75) is 25.3 Å². The summed E-state index contributed by atoms with van der Waals surface area (Å²) in [4.78, 5) is 0. The van der Waals surface area contributed by atoms with Crippen LogP contribution >= 0.6 is 15.9 Å². The Kier molecular flexibility index (Phi) is 3.19. The molecule has 0 aliphatic heterocycles. The van der Waals surface area contributed by atoms with E-state index in [4.69, 9.17) is 5.73 Å². The average molecular weight is 327 g/mol. The number of hydrogen-bond donors (Lipinski definition) is 1. The monoisotopic (exact) mass is 326 g/mol. The first-order chi connectivity index (χ1) is 9.08. The normalized spacial score (nSPS) is 18.4. The van der Waals surface area contributed by atoms with E-state index in [1.165, 1.54) is 6.07 Å². The van der Waals surface area contributed by atoms with Gasteiger partial charge in [0.05, 0.1) is 10.2 Å². The van der Waals surface area contributed by atoms with Crippen molar-refractivity contribution in [3.05, 3.63) is 51.8 Å². The Hall–Kier alpha value is -1.20. The van der Waals surface area contributed by atoms with E-state index in [9.17, 15) is 8.78 Å². The molecule has 0 bridgehead atoms. The summed E-state index contributed by atoms with van der Waals surface area (Å²) in [6.45, 7) is 0. The summed E-state index contributed by atoms with van der Waals surface area (Å²) in [5.74, 6) is -0.926. The van der Waals surface area contributed by atoms with Gasteiger partial charge in [-0.1, -0.05) is 0 Å². The average Bonchev–Trinajstić information content (AvgIpc) is 2.79. The third-order valence-electron chi connectivity index (χ3n) is 3.60. The van der Waals surface area contributed by atoms with Gasteiger partial charge in [0.15, 0.2) is 0 Å². The highest BCUT2D eigenvalue weighted by Gasteiger charge is 2.22. The van der Waals surface area contributed by atoms with Gasteiger partial charge in [-0.05, 0) is 52.9 Å². The molecule has 1 aromatic heterocycles. The second kappa shape index (κ2) is 4.72. The SMILES string of the molecule is NC1CCCc2c1ccn2-c1cc(F)c(Br)cc1F. The van der Waals surface area contributed by atoms with Gasteiger partial charge in [0, 0.05) is 24.0 Å². The number of halogens is 3. The molecule has 1 aliphatic carbocycles. The van der Waals surface area contributed by atoms with E-state index in [1.54, 1.807) is 10.8 Å². The van der Waals surface area contributed by atoms with Gasteiger partial charge in [0.2, 0.25) is 0 Å². The topological polar surface area (TPSA) is 30.9 Å². The minimum atomic E-state index is -0.473. The van der Waals surface area contributed by atoms with Crippen LogP contribution < -0.4 is 5.73 Å². The van der Waals surface area contributed by atoms with Crippen molar-refractivity contribution in [2.75, 3.05) is 0 Å². The Balaban J connectivity index is 2.16. The Morgan fingerprint density at radius 3 is 2.84 bits per heavy atom. The van der Waals surface area contributed by atoms with Gasteiger partial charge < -0.3 is 10.3 Å². The molecule has 2 nitrogen and oxygen atoms in total. The van der Waals surface area contributed by atoms with Crippen molar-refractivity contribution >= 4 is 15.9 Å². The summed E-state index contributed by atoms with van der Waals surface area (Å²) in [6.07, 6.45) is 4.52. The number of fused-ring (bicyclic) bond motifs is 1. The molecule has 0 saturated carbocycles. The highest BCUT2D eigenvalue weighted by atomic mass is 79.9. The molecule has 3 rings (SSSR count). The lowest BCUT2D eigenvalue weighted by Crippen LogP contribution is -2.18. The van der Waals surface area contributed by atoms with Crippen LogP contribution in [0.3, 0.4) is 0 Å². The zero-order valence-corrected chi connectivity index (χ0v) is 11.8. The summed E-state index contributed by atoms with van der Waals surface area (Å²) in [6, 6.07) is 4.26. The molecule has 5 heteroatoms. The Labute approximate surface area is 118 Å². The Morgan fingerprint density at radius 1 is 1.26 bits per heavy atom. The van der Waals surface area contributed by atoms with Crippen LogP contribution in [0.2, 0.25) is 0 Å². The summed E-state index contributed by atoms with van der Waals surface area (Å²) in [5, 5.41) is 0. The van der Waals surface area contributed by atoms with Crippen LogP contribution in [0.1, 0.15) is 30.1 Å². The maximum Gasteiger partial charge on any atom is 0.148 e. The lowest BCUT2D eigenvalue weighted by Gasteiger charge is -2.21. The van der Waals surface area contributed by atoms with Crippen LogP contribution in [-0.2, 0) is 6.42 Å². The van der Waals surface area contributed by atoms with Crippen molar-refractivity contribution in [2.24, 2.45) is 5.73 Å². The lowest BCUT2D eigenvalue weighted by atomic mass is 9.93. The minimum absolute atomic E-state index is 0.00615. The first-order valence-electron chi connectivity index (χ1n) is 6.18. The number of rotatable bonds is 1. The van der Waals surface area contributed by atoms with Gasteiger partial charge in [0.25, 0.3) is 0 Å². The van der Waals surface area contributed by atoms with Crippen LogP contribution in [-0.4, -0.2) is 4.57 Å². The highest BCUT2D eigenvalue weighted by molar-refractivity contribution is 9.10. The van der Waals surface area contributed by atoms with Crippen LogP contribution in [0, 0.1) is 11.6 Å². The predicted molar refractivity (Wildman–Crippen MR) is 73.3 cm³/mol. The van der Waals surface area contributed by atoms with E-state index in [0.29, 0.717) is 0 Å². The third-order valence-corrected chi connectivity index (χ3v) is 4.21. The van der Waals surface area contributed by atoms with Crippen molar-refractivity contribution in [3.8, 4) is 5.69 Å². The fraction of sp³-hybridized carbons (Fsp3) is 0.286. The maximum atomic E-state index is 14.0. The molecule has 0 radical (unpaired) electrons. The van der Waals surface area contributed by atoms with Crippen LogP contribution in [0.4, 0.5) is 8.78 Å². The Bertz CT molecular complexity index is 637. The molecule has 0 fully saturated rings. The molecule has 1 unspecified atom stereocenters. The van der Waals surface area contributed by atoms with Crippen molar-refractivity contribution < 1.29 is 8.78 Å². The maximum absolute atomic E-state index is 14.0. The van der Waals surface area contributed by atoms with Crippen LogP contribution in [0.25, 0.3) is 5.69 Å². The molecule has 1 aromatic carbocycles. The van der Waals surface area contributed by atoms with Gasteiger partial charge in [-0.25, -0.2) is 8.78 Å². The van der Waals surface area contributed by atoms with E-state index in [-0.39, 0.29) is 16.2 Å².